The molecular weight excluding hydrogens is 453 g/mol. The normalized spacial score (nSPS) is 11.6. The van der Waals surface area contributed by atoms with Gasteiger partial charge in [0.2, 0.25) is 0 Å². The molecule has 0 bridgehead atoms. The van der Waals surface area contributed by atoms with Crippen LogP contribution >= 0.6 is 0 Å². The van der Waals surface area contributed by atoms with Crippen molar-refractivity contribution in [3.63, 3.8) is 0 Å². The van der Waals surface area contributed by atoms with Crippen LogP contribution in [0.15, 0.2) is 48.5 Å². The summed E-state index contributed by atoms with van der Waals surface area (Å²) in [6.07, 6.45) is 4.19. The van der Waals surface area contributed by atoms with E-state index in [9.17, 15) is 19.1 Å². The van der Waals surface area contributed by atoms with Gasteiger partial charge in [-0.25, -0.2) is 14.0 Å². The highest BCUT2D eigenvalue weighted by Crippen LogP contribution is 2.16. The fourth-order valence-electron chi connectivity index (χ4n) is 3.50. The Morgan fingerprint density at radius 3 is 2.20 bits per heavy atom. The number of aliphatic carboxylic acids is 1. The third-order valence-corrected chi connectivity index (χ3v) is 5.43. The summed E-state index contributed by atoms with van der Waals surface area (Å²) in [7, 11) is 0. The molecule has 2 aromatic rings. The number of hydrogen-bond acceptors (Lipinski definition) is 5. The number of rotatable bonds is 16. The minimum Gasteiger partial charge on any atom is -0.492 e. The maximum Gasteiger partial charge on any atom is 0.415 e. The van der Waals surface area contributed by atoms with Gasteiger partial charge in [0.25, 0.3) is 0 Å². The Labute approximate surface area is 206 Å². The molecule has 0 saturated heterocycles. The fourth-order valence-corrected chi connectivity index (χ4v) is 3.50. The van der Waals surface area contributed by atoms with Crippen LogP contribution in [0.3, 0.4) is 0 Å². The number of ether oxygens (including phenoxy) is 3. The predicted molar refractivity (Wildman–Crippen MR) is 131 cm³/mol. The summed E-state index contributed by atoms with van der Waals surface area (Å²) < 4.78 is 29.6. The van der Waals surface area contributed by atoms with E-state index in [1.54, 1.807) is 36.1 Å². The van der Waals surface area contributed by atoms with E-state index in [1.165, 1.54) is 24.3 Å². The SMILES string of the molecule is CCCCCCCN(CCOc1ccc(CC(OCC)C(=O)O)cc1)C(=O)Oc1ccc(F)cc1. The molecule has 1 atom stereocenters. The minimum atomic E-state index is -0.991. The molecule has 35 heavy (non-hydrogen) atoms. The van der Waals surface area contributed by atoms with Gasteiger partial charge in [0.05, 0.1) is 6.54 Å². The Kier molecular flexibility index (Phi) is 12.6. The van der Waals surface area contributed by atoms with Crippen LogP contribution in [0.5, 0.6) is 11.5 Å². The van der Waals surface area contributed by atoms with Gasteiger partial charge in [-0.1, -0.05) is 44.7 Å². The molecule has 2 aromatic carbocycles. The Morgan fingerprint density at radius 2 is 1.57 bits per heavy atom. The highest BCUT2D eigenvalue weighted by Gasteiger charge is 2.18. The summed E-state index contributed by atoms with van der Waals surface area (Å²) >= 11 is 0. The zero-order valence-electron chi connectivity index (χ0n) is 20.6. The third kappa shape index (κ3) is 10.8. The smallest absolute Gasteiger partial charge is 0.415 e. The lowest BCUT2D eigenvalue weighted by Crippen LogP contribution is -2.37. The summed E-state index contributed by atoms with van der Waals surface area (Å²) in [5, 5.41) is 9.23. The standard InChI is InChI=1S/C27H36FNO6/c1-3-5-6-7-8-17-29(27(32)35-24-15-11-22(28)12-16-24)18-19-34-23-13-9-21(10-14-23)20-25(26(30)31)33-4-2/h9-16,25H,3-8,17-20H2,1-2H3,(H,30,31). The van der Waals surface area contributed by atoms with Crippen molar-refractivity contribution >= 4 is 12.1 Å². The largest absolute Gasteiger partial charge is 0.492 e. The van der Waals surface area contributed by atoms with Gasteiger partial charge in [0, 0.05) is 19.6 Å². The van der Waals surface area contributed by atoms with Gasteiger partial charge < -0.3 is 24.2 Å². The Morgan fingerprint density at radius 1 is 0.914 bits per heavy atom. The van der Waals surface area contributed by atoms with E-state index in [4.69, 9.17) is 14.2 Å². The van der Waals surface area contributed by atoms with Crippen LogP contribution in [0.25, 0.3) is 0 Å². The highest BCUT2D eigenvalue weighted by atomic mass is 19.1. The van der Waals surface area contributed by atoms with E-state index in [2.05, 4.69) is 6.92 Å². The number of halogens is 1. The van der Waals surface area contributed by atoms with Crippen molar-refractivity contribution < 1.29 is 33.3 Å². The van der Waals surface area contributed by atoms with E-state index in [1.807, 2.05) is 0 Å². The zero-order chi connectivity index (χ0) is 25.5. The van der Waals surface area contributed by atoms with Crippen LogP contribution in [0.1, 0.15) is 51.5 Å². The number of carboxylic acid groups (broad SMARTS) is 1. The molecule has 1 unspecified atom stereocenters. The second-order valence-corrected chi connectivity index (χ2v) is 8.20. The Bertz CT molecular complexity index is 888. The van der Waals surface area contributed by atoms with E-state index >= 15 is 0 Å². The van der Waals surface area contributed by atoms with Gasteiger partial charge in [0.1, 0.15) is 23.9 Å². The Hall–Kier alpha value is -3.13. The lowest BCUT2D eigenvalue weighted by atomic mass is 10.1. The van der Waals surface area contributed by atoms with Crippen molar-refractivity contribution in [2.24, 2.45) is 0 Å². The van der Waals surface area contributed by atoms with E-state index in [0.29, 0.717) is 25.4 Å². The molecule has 7 nitrogen and oxygen atoms in total. The van der Waals surface area contributed by atoms with Crippen molar-refractivity contribution in [3.05, 3.63) is 59.9 Å². The quantitative estimate of drug-likeness (QED) is 0.304. The molecule has 0 radical (unpaired) electrons. The molecule has 1 amide bonds. The average molecular weight is 490 g/mol. The van der Waals surface area contributed by atoms with Crippen molar-refractivity contribution in [2.75, 3.05) is 26.3 Å². The number of carbonyl (C=O) groups is 2. The van der Waals surface area contributed by atoms with Gasteiger partial charge in [-0.15, -0.1) is 0 Å². The molecule has 0 aliphatic rings. The van der Waals surface area contributed by atoms with E-state index in [0.717, 1.165) is 37.7 Å². The molecule has 192 valence electrons. The number of hydrogen-bond donors (Lipinski definition) is 1. The molecule has 0 aromatic heterocycles. The molecule has 2 rings (SSSR count). The second kappa shape index (κ2) is 15.7. The molecule has 8 heteroatoms. The maximum atomic E-state index is 13.1. The van der Waals surface area contributed by atoms with Crippen LogP contribution in [-0.4, -0.2) is 54.5 Å². The predicted octanol–water partition coefficient (Wildman–Crippen LogP) is 5.71. The maximum absolute atomic E-state index is 13.1. The summed E-state index contributed by atoms with van der Waals surface area (Å²) in [4.78, 5) is 25.6. The third-order valence-electron chi connectivity index (χ3n) is 5.43. The monoisotopic (exact) mass is 489 g/mol. The topological polar surface area (TPSA) is 85.3 Å². The first-order valence-electron chi connectivity index (χ1n) is 12.2. The van der Waals surface area contributed by atoms with Crippen LogP contribution in [0.4, 0.5) is 9.18 Å². The van der Waals surface area contributed by atoms with Crippen LogP contribution < -0.4 is 9.47 Å². The first-order valence-corrected chi connectivity index (χ1v) is 12.2. The van der Waals surface area contributed by atoms with Crippen LogP contribution in [-0.2, 0) is 16.0 Å². The Balaban J connectivity index is 1.89. The summed E-state index contributed by atoms with van der Waals surface area (Å²) in [6.45, 7) is 5.39. The number of unbranched alkanes of at least 4 members (excludes halogenated alkanes) is 4. The van der Waals surface area contributed by atoms with Crippen molar-refractivity contribution in [3.8, 4) is 11.5 Å². The number of carbonyl (C=O) groups excluding carboxylic acids is 1. The number of amides is 1. The first-order chi connectivity index (χ1) is 16.9. The molecule has 0 aliphatic heterocycles. The van der Waals surface area contributed by atoms with Crippen LogP contribution in [0, 0.1) is 5.82 Å². The van der Waals surface area contributed by atoms with Gasteiger partial charge >= 0.3 is 12.1 Å². The molecular formula is C27H36FNO6. The van der Waals surface area contributed by atoms with E-state index in [-0.39, 0.29) is 18.8 Å². The van der Waals surface area contributed by atoms with Crippen LogP contribution in [0.2, 0.25) is 0 Å². The molecule has 0 saturated carbocycles. The van der Waals surface area contributed by atoms with Crippen molar-refractivity contribution in [1.29, 1.82) is 0 Å². The lowest BCUT2D eigenvalue weighted by Gasteiger charge is -2.22. The van der Waals surface area contributed by atoms with Gasteiger partial charge in [0.15, 0.2) is 6.10 Å². The van der Waals surface area contributed by atoms with Gasteiger partial charge in [-0.3, -0.25) is 0 Å². The molecule has 1 N–H and O–H groups in total. The van der Waals surface area contributed by atoms with Crippen molar-refractivity contribution in [2.45, 2.75) is 58.5 Å². The minimum absolute atomic E-state index is 0.267. The molecule has 0 aliphatic carbocycles. The van der Waals surface area contributed by atoms with Gasteiger partial charge in [-0.05, 0) is 55.3 Å². The van der Waals surface area contributed by atoms with Crippen molar-refractivity contribution in [1.82, 2.24) is 4.90 Å². The zero-order valence-corrected chi connectivity index (χ0v) is 20.6. The summed E-state index contributed by atoms with van der Waals surface area (Å²) in [5.41, 5.74) is 0.829. The van der Waals surface area contributed by atoms with Gasteiger partial charge in [-0.2, -0.15) is 0 Å². The average Bonchev–Trinajstić information content (AvgIpc) is 2.84. The summed E-state index contributed by atoms with van der Waals surface area (Å²) in [6, 6.07) is 12.5. The lowest BCUT2D eigenvalue weighted by molar-refractivity contribution is -0.149. The fraction of sp³-hybridized carbons (Fsp3) is 0.481. The first kappa shape index (κ1) is 28.1. The number of carboxylic acids is 1. The number of nitrogens with zero attached hydrogens (tertiary/aromatic N) is 1. The molecule has 0 heterocycles. The molecule has 0 spiro atoms. The highest BCUT2D eigenvalue weighted by molar-refractivity contribution is 5.72. The number of benzene rings is 2. The summed E-state index contributed by atoms with van der Waals surface area (Å²) in [5.74, 6) is -0.481. The molecule has 0 fully saturated rings. The van der Waals surface area contributed by atoms with E-state index < -0.39 is 24.0 Å². The second-order valence-electron chi connectivity index (χ2n) is 8.20.